The summed E-state index contributed by atoms with van der Waals surface area (Å²) in [5.41, 5.74) is 2.36. The highest BCUT2D eigenvalue weighted by Gasteiger charge is 2.16. The maximum Gasteiger partial charge on any atom is 0.166 e. The van der Waals surface area contributed by atoms with E-state index in [9.17, 15) is 17.6 Å². The second-order valence-electron chi connectivity index (χ2n) is 7.02. The second kappa shape index (κ2) is 8.48. The number of halogens is 4. The van der Waals surface area contributed by atoms with Crippen LogP contribution in [-0.2, 0) is 0 Å². The molecule has 0 nitrogen and oxygen atoms in total. The molecule has 0 radical (unpaired) electrons. The van der Waals surface area contributed by atoms with Gasteiger partial charge in [0.15, 0.2) is 23.3 Å². The summed E-state index contributed by atoms with van der Waals surface area (Å²) in [7, 11) is 0. The van der Waals surface area contributed by atoms with Gasteiger partial charge in [-0.1, -0.05) is 71.8 Å². The molecule has 0 fully saturated rings. The lowest BCUT2D eigenvalue weighted by molar-refractivity contribution is 0.697. The Kier molecular flexibility index (Phi) is 6.02. The largest absolute Gasteiger partial charge is 0.203 e. The van der Waals surface area contributed by atoms with Crippen molar-refractivity contribution in [3.05, 3.63) is 106 Å². The molecule has 3 aromatic carbocycles. The molecule has 0 heterocycles. The highest BCUT2D eigenvalue weighted by Crippen LogP contribution is 2.34. The van der Waals surface area contributed by atoms with Gasteiger partial charge >= 0.3 is 0 Å². The minimum atomic E-state index is -1.05. The average Bonchev–Trinajstić information content (AvgIpc) is 2.72. The van der Waals surface area contributed by atoms with E-state index in [1.165, 1.54) is 49.4 Å². The summed E-state index contributed by atoms with van der Waals surface area (Å²) in [5.74, 6) is -4.09. The molecule has 0 amide bonds. The molecule has 0 aromatic heterocycles. The van der Waals surface area contributed by atoms with Gasteiger partial charge in [-0.2, -0.15) is 0 Å². The molecule has 0 aliphatic heterocycles. The van der Waals surface area contributed by atoms with Crippen LogP contribution in [0.1, 0.15) is 38.9 Å². The molecule has 0 aliphatic carbocycles. The standard InChI is InChI=1S/C25H20F4/c1-15-4-8-18(9-5-15)22(26)24(28)20-12-13-21(17(3)14-20)25(29)23(27)19-10-6-16(2)7-11-19/h4-14H,1-3H3/b24-22+,25-23+. The van der Waals surface area contributed by atoms with E-state index in [-0.39, 0.29) is 22.3 Å². The summed E-state index contributed by atoms with van der Waals surface area (Å²) in [6.45, 7) is 5.22. The van der Waals surface area contributed by atoms with E-state index in [4.69, 9.17) is 0 Å². The quantitative estimate of drug-likeness (QED) is 0.308. The summed E-state index contributed by atoms with van der Waals surface area (Å²) >= 11 is 0. The van der Waals surface area contributed by atoms with Crippen LogP contribution in [0.5, 0.6) is 0 Å². The predicted molar refractivity (Wildman–Crippen MR) is 112 cm³/mol. The Morgan fingerprint density at radius 2 is 0.862 bits per heavy atom. The first-order chi connectivity index (χ1) is 13.8. The molecule has 0 spiro atoms. The topological polar surface area (TPSA) is 0 Å². The Bertz CT molecular complexity index is 1090. The maximum atomic E-state index is 14.7. The normalized spacial score (nSPS) is 13.1. The van der Waals surface area contributed by atoms with Crippen molar-refractivity contribution in [2.45, 2.75) is 20.8 Å². The summed E-state index contributed by atoms with van der Waals surface area (Å²) in [6, 6.07) is 16.5. The summed E-state index contributed by atoms with van der Waals surface area (Å²) < 4.78 is 58.3. The molecule has 0 aliphatic rings. The molecular formula is C25H20F4. The monoisotopic (exact) mass is 396 g/mol. The predicted octanol–water partition coefficient (Wildman–Crippen LogP) is 8.14. The van der Waals surface area contributed by atoms with Gasteiger partial charge in [0.2, 0.25) is 0 Å². The minimum absolute atomic E-state index is 0.00429. The van der Waals surface area contributed by atoms with Crippen LogP contribution >= 0.6 is 0 Å². The van der Waals surface area contributed by atoms with Gasteiger partial charge in [-0.3, -0.25) is 0 Å². The maximum absolute atomic E-state index is 14.7. The van der Waals surface area contributed by atoms with Crippen LogP contribution in [-0.4, -0.2) is 0 Å². The second-order valence-corrected chi connectivity index (χ2v) is 7.02. The van der Waals surface area contributed by atoms with Crippen molar-refractivity contribution in [3.8, 4) is 0 Å². The van der Waals surface area contributed by atoms with Gasteiger partial charge in [0, 0.05) is 22.3 Å². The Balaban J connectivity index is 1.97. The number of benzene rings is 3. The number of aryl methyl sites for hydroxylation is 3. The Hall–Kier alpha value is -3.14. The van der Waals surface area contributed by atoms with E-state index in [1.807, 2.05) is 13.8 Å². The van der Waals surface area contributed by atoms with E-state index < -0.39 is 23.3 Å². The van der Waals surface area contributed by atoms with Gasteiger partial charge < -0.3 is 0 Å². The van der Waals surface area contributed by atoms with Gasteiger partial charge in [0.25, 0.3) is 0 Å². The van der Waals surface area contributed by atoms with Crippen LogP contribution in [0.25, 0.3) is 23.3 Å². The van der Waals surface area contributed by atoms with Crippen LogP contribution in [0.15, 0.2) is 66.7 Å². The molecule has 0 saturated heterocycles. The zero-order valence-electron chi connectivity index (χ0n) is 16.4. The van der Waals surface area contributed by atoms with Crippen molar-refractivity contribution in [2.24, 2.45) is 0 Å². The summed E-state index contributed by atoms with van der Waals surface area (Å²) in [5, 5.41) is 0. The van der Waals surface area contributed by atoms with E-state index in [0.29, 0.717) is 5.56 Å². The van der Waals surface area contributed by atoms with Crippen molar-refractivity contribution in [1.82, 2.24) is 0 Å². The molecule has 148 valence electrons. The zero-order chi connectivity index (χ0) is 21.1. The van der Waals surface area contributed by atoms with Crippen molar-refractivity contribution >= 4 is 23.3 Å². The highest BCUT2D eigenvalue weighted by atomic mass is 19.2. The number of rotatable bonds is 4. The molecule has 0 bridgehead atoms. The minimum Gasteiger partial charge on any atom is -0.203 e. The fourth-order valence-electron chi connectivity index (χ4n) is 2.94. The van der Waals surface area contributed by atoms with Crippen molar-refractivity contribution in [3.63, 3.8) is 0 Å². The van der Waals surface area contributed by atoms with Crippen molar-refractivity contribution in [1.29, 1.82) is 0 Å². The molecule has 0 N–H and O–H groups in total. The Labute approximate surface area is 167 Å². The zero-order valence-corrected chi connectivity index (χ0v) is 16.4. The third-order valence-corrected chi connectivity index (χ3v) is 4.71. The Morgan fingerprint density at radius 1 is 0.483 bits per heavy atom. The molecule has 3 aromatic rings. The summed E-state index contributed by atoms with van der Waals surface area (Å²) in [6.07, 6.45) is 0. The van der Waals surface area contributed by atoms with Gasteiger partial charge in [-0.25, -0.2) is 17.6 Å². The average molecular weight is 396 g/mol. The lowest BCUT2D eigenvalue weighted by Gasteiger charge is -2.09. The first kappa shape index (κ1) is 20.6. The highest BCUT2D eigenvalue weighted by molar-refractivity contribution is 5.87. The third kappa shape index (κ3) is 4.48. The van der Waals surface area contributed by atoms with E-state index in [0.717, 1.165) is 11.1 Å². The SMILES string of the molecule is Cc1ccc(/C(F)=C(\F)c2ccc(/C(F)=C(\F)c3ccc(C)cc3)c(C)c2)cc1. The molecule has 0 atom stereocenters. The Morgan fingerprint density at radius 3 is 1.31 bits per heavy atom. The lowest BCUT2D eigenvalue weighted by Crippen LogP contribution is -1.92. The third-order valence-electron chi connectivity index (χ3n) is 4.71. The fourth-order valence-corrected chi connectivity index (χ4v) is 2.94. The molecule has 0 saturated carbocycles. The number of hydrogen-bond acceptors (Lipinski definition) is 0. The number of hydrogen-bond donors (Lipinski definition) is 0. The first-order valence-corrected chi connectivity index (χ1v) is 9.14. The van der Waals surface area contributed by atoms with Crippen LogP contribution in [0.2, 0.25) is 0 Å². The molecule has 29 heavy (non-hydrogen) atoms. The van der Waals surface area contributed by atoms with E-state index in [1.54, 1.807) is 24.3 Å². The summed E-state index contributed by atoms with van der Waals surface area (Å²) in [4.78, 5) is 0. The fraction of sp³-hybridized carbons (Fsp3) is 0.120. The van der Waals surface area contributed by atoms with Gasteiger partial charge in [-0.05, 0) is 32.4 Å². The van der Waals surface area contributed by atoms with Gasteiger partial charge in [0.1, 0.15) is 0 Å². The van der Waals surface area contributed by atoms with Crippen LogP contribution in [0.4, 0.5) is 17.6 Å². The van der Waals surface area contributed by atoms with Crippen LogP contribution in [0, 0.1) is 20.8 Å². The molecular weight excluding hydrogens is 376 g/mol. The lowest BCUT2D eigenvalue weighted by atomic mass is 10.0. The van der Waals surface area contributed by atoms with Crippen molar-refractivity contribution < 1.29 is 17.6 Å². The molecule has 4 heteroatoms. The first-order valence-electron chi connectivity index (χ1n) is 9.14. The smallest absolute Gasteiger partial charge is 0.166 e. The van der Waals surface area contributed by atoms with Crippen LogP contribution in [0.3, 0.4) is 0 Å². The van der Waals surface area contributed by atoms with E-state index in [2.05, 4.69) is 0 Å². The molecule has 3 rings (SSSR count). The van der Waals surface area contributed by atoms with E-state index >= 15 is 0 Å². The molecule has 0 unspecified atom stereocenters. The van der Waals surface area contributed by atoms with Crippen molar-refractivity contribution in [2.75, 3.05) is 0 Å². The van der Waals surface area contributed by atoms with Crippen LogP contribution < -0.4 is 0 Å². The van der Waals surface area contributed by atoms with Gasteiger partial charge in [-0.15, -0.1) is 0 Å². The van der Waals surface area contributed by atoms with Gasteiger partial charge in [0.05, 0.1) is 0 Å².